The molecule has 0 atom stereocenters. The Balaban J connectivity index is 1.60. The molecule has 1 saturated heterocycles. The van der Waals surface area contributed by atoms with Gasteiger partial charge in [-0.25, -0.2) is 4.39 Å². The second kappa shape index (κ2) is 9.40. The number of carbonyl (C=O) groups is 1. The zero-order valence-corrected chi connectivity index (χ0v) is 18.0. The van der Waals surface area contributed by atoms with Crippen LogP contribution in [0, 0.1) is 5.82 Å². The van der Waals surface area contributed by atoms with Crippen LogP contribution in [0.25, 0.3) is 10.9 Å². The van der Waals surface area contributed by atoms with Crippen molar-refractivity contribution in [1.82, 2.24) is 15.2 Å². The Bertz CT molecular complexity index is 1180. The zero-order chi connectivity index (χ0) is 22.7. The molecule has 1 amide bonds. The van der Waals surface area contributed by atoms with Gasteiger partial charge in [-0.2, -0.15) is 0 Å². The van der Waals surface area contributed by atoms with E-state index in [-0.39, 0.29) is 16.7 Å². The molecule has 2 heterocycles. The van der Waals surface area contributed by atoms with Gasteiger partial charge in [-0.05, 0) is 43.2 Å². The molecule has 1 aromatic heterocycles. The molecule has 7 nitrogen and oxygen atoms in total. The van der Waals surface area contributed by atoms with Crippen LogP contribution in [-0.2, 0) is 13.0 Å². The smallest absolute Gasteiger partial charge is 0.256 e. The summed E-state index contributed by atoms with van der Waals surface area (Å²) in [5.74, 6) is -0.755. The van der Waals surface area contributed by atoms with Crippen molar-refractivity contribution in [3.05, 3.63) is 69.8 Å². The summed E-state index contributed by atoms with van der Waals surface area (Å²) in [6.07, 6.45) is 2.12. The van der Waals surface area contributed by atoms with Crippen molar-refractivity contribution in [2.45, 2.75) is 19.9 Å². The van der Waals surface area contributed by atoms with E-state index in [0.29, 0.717) is 43.8 Å². The normalized spacial score (nSPS) is 14.0. The number of rotatable bonds is 6. The first-order valence-corrected chi connectivity index (χ1v) is 10.9. The van der Waals surface area contributed by atoms with Crippen LogP contribution in [0.15, 0.2) is 47.4 Å². The van der Waals surface area contributed by atoms with E-state index < -0.39 is 17.2 Å². The number of piperazine rings is 1. The molecule has 1 fully saturated rings. The van der Waals surface area contributed by atoms with Crippen LogP contribution in [-0.4, -0.2) is 48.3 Å². The van der Waals surface area contributed by atoms with Gasteiger partial charge in [-0.3, -0.25) is 9.59 Å². The third-order valence-corrected chi connectivity index (χ3v) is 5.83. The highest BCUT2D eigenvalue weighted by molar-refractivity contribution is 5.97. The van der Waals surface area contributed by atoms with Crippen LogP contribution in [0.3, 0.4) is 0 Å². The summed E-state index contributed by atoms with van der Waals surface area (Å²) in [6.45, 7) is 5.74. The minimum Gasteiger partial charge on any atom is -0.508 e. The van der Waals surface area contributed by atoms with Crippen molar-refractivity contribution < 1.29 is 14.3 Å². The standard InChI is InChI=1S/C24H27FN4O3/c1-2-28-15-19(24(32)27-8-7-16-3-5-17(30)6-4-16)23(31)18-13-20(25)22(14-21(18)28)29-11-9-26-10-12-29/h3-6,13-15,26,30H,2,7-12H2,1H3,(H,27,32). The Morgan fingerprint density at radius 2 is 1.91 bits per heavy atom. The second-order valence-corrected chi connectivity index (χ2v) is 7.89. The molecule has 0 spiro atoms. The Labute approximate surface area is 185 Å². The minimum atomic E-state index is -0.482. The molecule has 32 heavy (non-hydrogen) atoms. The lowest BCUT2D eigenvalue weighted by Crippen LogP contribution is -2.44. The maximum Gasteiger partial charge on any atom is 0.256 e. The lowest BCUT2D eigenvalue weighted by atomic mass is 10.1. The van der Waals surface area contributed by atoms with Gasteiger partial charge < -0.3 is 25.2 Å². The largest absolute Gasteiger partial charge is 0.508 e. The van der Waals surface area contributed by atoms with Crippen LogP contribution >= 0.6 is 0 Å². The molecule has 2 aromatic carbocycles. The second-order valence-electron chi connectivity index (χ2n) is 7.89. The van der Waals surface area contributed by atoms with E-state index in [1.54, 1.807) is 36.5 Å². The highest BCUT2D eigenvalue weighted by Gasteiger charge is 2.20. The molecule has 0 unspecified atom stereocenters. The van der Waals surface area contributed by atoms with Gasteiger partial charge in [0, 0.05) is 50.9 Å². The van der Waals surface area contributed by atoms with Crippen LogP contribution < -0.4 is 21.0 Å². The first kappa shape index (κ1) is 21.8. The van der Waals surface area contributed by atoms with Gasteiger partial charge in [0.15, 0.2) is 0 Å². The van der Waals surface area contributed by atoms with Gasteiger partial charge in [-0.15, -0.1) is 0 Å². The number of hydrogen-bond donors (Lipinski definition) is 3. The molecule has 168 valence electrons. The number of aromatic nitrogens is 1. The minimum absolute atomic E-state index is 0.000575. The van der Waals surface area contributed by atoms with Gasteiger partial charge in [-0.1, -0.05) is 12.1 Å². The summed E-state index contributed by atoms with van der Waals surface area (Å²) >= 11 is 0. The van der Waals surface area contributed by atoms with E-state index in [0.717, 1.165) is 18.7 Å². The molecule has 0 saturated carbocycles. The monoisotopic (exact) mass is 438 g/mol. The average Bonchev–Trinajstić information content (AvgIpc) is 2.81. The molecule has 4 rings (SSSR count). The van der Waals surface area contributed by atoms with Gasteiger partial charge in [0.1, 0.15) is 17.1 Å². The van der Waals surface area contributed by atoms with E-state index in [2.05, 4.69) is 10.6 Å². The summed E-state index contributed by atoms with van der Waals surface area (Å²) < 4.78 is 16.8. The van der Waals surface area contributed by atoms with E-state index in [1.165, 1.54) is 6.07 Å². The number of benzene rings is 2. The number of aromatic hydroxyl groups is 1. The van der Waals surface area contributed by atoms with E-state index >= 15 is 0 Å². The first-order chi connectivity index (χ1) is 15.5. The Hall–Kier alpha value is -3.39. The molecular weight excluding hydrogens is 411 g/mol. The van der Waals surface area contributed by atoms with Crippen molar-refractivity contribution in [1.29, 1.82) is 0 Å². The molecule has 1 aliphatic rings. The number of phenolic OH excluding ortho intramolecular Hbond substituents is 1. The summed E-state index contributed by atoms with van der Waals surface area (Å²) in [4.78, 5) is 27.8. The lowest BCUT2D eigenvalue weighted by Gasteiger charge is -2.30. The maximum atomic E-state index is 14.9. The fourth-order valence-electron chi connectivity index (χ4n) is 4.05. The highest BCUT2D eigenvalue weighted by atomic mass is 19.1. The van der Waals surface area contributed by atoms with Crippen molar-refractivity contribution >= 4 is 22.5 Å². The molecule has 8 heteroatoms. The van der Waals surface area contributed by atoms with Crippen molar-refractivity contribution in [3.8, 4) is 5.75 Å². The highest BCUT2D eigenvalue weighted by Crippen LogP contribution is 2.25. The maximum absolute atomic E-state index is 14.9. The van der Waals surface area contributed by atoms with Gasteiger partial charge in [0.25, 0.3) is 5.91 Å². The summed E-state index contributed by atoms with van der Waals surface area (Å²) in [5, 5.41) is 15.6. The fourth-order valence-corrected chi connectivity index (χ4v) is 4.05. The Morgan fingerprint density at radius 3 is 2.59 bits per heavy atom. The number of halogens is 1. The zero-order valence-electron chi connectivity index (χ0n) is 18.0. The number of aryl methyl sites for hydroxylation is 1. The number of fused-ring (bicyclic) bond motifs is 1. The number of anilines is 1. The van der Waals surface area contributed by atoms with Crippen LogP contribution in [0.4, 0.5) is 10.1 Å². The number of phenols is 1. The number of nitrogens with zero attached hydrogens (tertiary/aromatic N) is 2. The third kappa shape index (κ3) is 4.45. The topological polar surface area (TPSA) is 86.6 Å². The van der Waals surface area contributed by atoms with Crippen molar-refractivity contribution in [3.63, 3.8) is 0 Å². The summed E-state index contributed by atoms with van der Waals surface area (Å²) in [6, 6.07) is 9.70. The van der Waals surface area contributed by atoms with Crippen molar-refractivity contribution in [2.24, 2.45) is 0 Å². The predicted octanol–water partition coefficient (Wildman–Crippen LogP) is 2.25. The molecular formula is C24H27FN4O3. The molecule has 0 bridgehead atoms. The number of pyridine rings is 1. The Morgan fingerprint density at radius 1 is 1.19 bits per heavy atom. The molecule has 3 aromatic rings. The number of hydrogen-bond acceptors (Lipinski definition) is 5. The van der Waals surface area contributed by atoms with Gasteiger partial charge in [0.2, 0.25) is 5.43 Å². The first-order valence-electron chi connectivity index (χ1n) is 10.9. The number of carbonyl (C=O) groups excluding carboxylic acids is 1. The SMILES string of the molecule is CCn1cc(C(=O)NCCc2ccc(O)cc2)c(=O)c2cc(F)c(N3CCNCC3)cc21. The van der Waals surface area contributed by atoms with Crippen molar-refractivity contribution in [2.75, 3.05) is 37.6 Å². The predicted molar refractivity (Wildman–Crippen MR) is 123 cm³/mol. The van der Waals surface area contributed by atoms with Crippen LogP contribution in [0.1, 0.15) is 22.8 Å². The quantitative estimate of drug-likeness (QED) is 0.550. The molecule has 0 aliphatic carbocycles. The molecule has 3 N–H and O–H groups in total. The number of amides is 1. The summed E-state index contributed by atoms with van der Waals surface area (Å²) in [5.41, 5.74) is 1.58. The van der Waals surface area contributed by atoms with Crippen LogP contribution in [0.5, 0.6) is 5.75 Å². The lowest BCUT2D eigenvalue weighted by molar-refractivity contribution is 0.0952. The van der Waals surface area contributed by atoms with Gasteiger partial charge >= 0.3 is 0 Å². The molecule has 0 radical (unpaired) electrons. The third-order valence-electron chi connectivity index (χ3n) is 5.83. The number of nitrogens with one attached hydrogen (secondary N) is 2. The van der Waals surface area contributed by atoms with E-state index in [4.69, 9.17) is 0 Å². The Kier molecular flexibility index (Phi) is 6.41. The van der Waals surface area contributed by atoms with E-state index in [9.17, 15) is 19.1 Å². The fraction of sp³-hybridized carbons (Fsp3) is 0.333. The van der Waals surface area contributed by atoms with Crippen LogP contribution in [0.2, 0.25) is 0 Å². The average molecular weight is 439 g/mol. The van der Waals surface area contributed by atoms with Gasteiger partial charge in [0.05, 0.1) is 11.2 Å². The molecule has 1 aliphatic heterocycles. The van der Waals surface area contributed by atoms with E-state index in [1.807, 2.05) is 16.4 Å². The summed E-state index contributed by atoms with van der Waals surface area (Å²) in [7, 11) is 0.